The van der Waals surface area contributed by atoms with Gasteiger partial charge >= 0.3 is 0 Å². The molecule has 0 saturated carbocycles. The molecule has 1 atom stereocenters. The average Bonchev–Trinajstić information content (AvgIpc) is 3.10. The first-order valence-corrected chi connectivity index (χ1v) is 10.7. The van der Waals surface area contributed by atoms with Gasteiger partial charge in [-0.25, -0.2) is 0 Å². The van der Waals surface area contributed by atoms with Gasteiger partial charge in [-0.05, 0) is 62.5 Å². The van der Waals surface area contributed by atoms with Gasteiger partial charge in [0.1, 0.15) is 0 Å². The maximum absolute atomic E-state index is 5.68. The lowest BCUT2D eigenvalue weighted by Gasteiger charge is -2.37. The van der Waals surface area contributed by atoms with Crippen molar-refractivity contribution < 1.29 is 14.2 Å². The molecule has 5 nitrogen and oxygen atoms in total. The van der Waals surface area contributed by atoms with Crippen LogP contribution < -0.4 is 14.2 Å². The number of aromatic amines is 1. The van der Waals surface area contributed by atoms with Crippen molar-refractivity contribution in [1.82, 2.24) is 9.88 Å². The molecule has 0 amide bonds. The maximum atomic E-state index is 5.68. The number of aromatic nitrogens is 1. The Morgan fingerprint density at radius 2 is 1.60 bits per heavy atom. The van der Waals surface area contributed by atoms with Crippen molar-refractivity contribution in [2.75, 3.05) is 34.4 Å². The summed E-state index contributed by atoms with van der Waals surface area (Å²) in [5, 5.41) is 1.27. The van der Waals surface area contributed by atoms with Crippen LogP contribution in [-0.4, -0.2) is 44.3 Å². The first-order valence-electron chi connectivity index (χ1n) is 10.7. The van der Waals surface area contributed by atoms with E-state index in [0.717, 1.165) is 24.6 Å². The lowest BCUT2D eigenvalue weighted by molar-refractivity contribution is 0.157. The van der Waals surface area contributed by atoms with E-state index in [0.29, 0.717) is 17.2 Å². The highest BCUT2D eigenvalue weighted by molar-refractivity contribution is 5.85. The van der Waals surface area contributed by atoms with Gasteiger partial charge in [0.2, 0.25) is 5.75 Å². The second kappa shape index (κ2) is 8.60. The molecule has 1 aliphatic rings. The van der Waals surface area contributed by atoms with E-state index in [1.165, 1.54) is 35.0 Å². The van der Waals surface area contributed by atoms with Gasteiger partial charge in [-0.15, -0.1) is 0 Å². The van der Waals surface area contributed by atoms with Crippen LogP contribution in [0.25, 0.3) is 10.9 Å². The van der Waals surface area contributed by atoms with Crippen molar-refractivity contribution in [3.8, 4) is 17.2 Å². The molecule has 160 valence electrons. The van der Waals surface area contributed by atoms with Crippen LogP contribution in [0.5, 0.6) is 17.2 Å². The second-order valence-corrected chi connectivity index (χ2v) is 8.29. The number of likely N-dealkylation sites (tertiary alicyclic amines) is 1. The number of hydrogen-bond donors (Lipinski definition) is 1. The standard InChI is InChI=1S/C25H32N2O3/c1-16-10-12-27(13-11-16)24(23-17(2)26-20-9-7-6-8-19(20)23)18-14-21(28-3)25(30-5)22(15-18)29-4/h6-9,14-16,24,26H,10-13H2,1-5H3. The molecule has 4 rings (SSSR count). The number of aryl methyl sites for hydroxylation is 1. The van der Waals surface area contributed by atoms with Gasteiger partial charge in [-0.2, -0.15) is 0 Å². The van der Waals surface area contributed by atoms with Crippen LogP contribution in [-0.2, 0) is 0 Å². The minimum atomic E-state index is 0.113. The number of piperidine rings is 1. The van der Waals surface area contributed by atoms with Crippen molar-refractivity contribution in [3.05, 3.63) is 53.2 Å². The molecule has 1 fully saturated rings. The van der Waals surface area contributed by atoms with E-state index in [1.807, 2.05) is 0 Å². The summed E-state index contributed by atoms with van der Waals surface area (Å²) in [7, 11) is 5.00. The van der Waals surface area contributed by atoms with Crippen molar-refractivity contribution >= 4 is 10.9 Å². The SMILES string of the molecule is COc1cc(C(c2c(C)[nH]c3ccccc23)N2CCC(C)CC2)cc(OC)c1OC. The number of nitrogens with one attached hydrogen (secondary N) is 1. The number of fused-ring (bicyclic) bond motifs is 1. The smallest absolute Gasteiger partial charge is 0.203 e. The number of rotatable bonds is 6. The van der Waals surface area contributed by atoms with Crippen LogP contribution in [0.3, 0.4) is 0 Å². The summed E-state index contributed by atoms with van der Waals surface area (Å²) in [5.74, 6) is 2.79. The zero-order chi connectivity index (χ0) is 21.3. The Labute approximate surface area is 178 Å². The minimum absolute atomic E-state index is 0.113. The fourth-order valence-corrected chi connectivity index (χ4v) is 4.76. The summed E-state index contributed by atoms with van der Waals surface area (Å²) in [6.45, 7) is 6.67. The molecule has 1 saturated heterocycles. The Hall–Kier alpha value is -2.66. The number of ether oxygens (including phenoxy) is 3. The summed E-state index contributed by atoms with van der Waals surface area (Å²) in [6.07, 6.45) is 2.42. The van der Waals surface area contributed by atoms with Gasteiger partial charge in [0, 0.05) is 22.2 Å². The summed E-state index contributed by atoms with van der Waals surface area (Å²) in [4.78, 5) is 6.19. The molecule has 5 heteroatoms. The molecule has 1 aromatic heterocycles. The molecule has 30 heavy (non-hydrogen) atoms. The molecular formula is C25H32N2O3. The lowest BCUT2D eigenvalue weighted by Crippen LogP contribution is -2.37. The molecule has 2 aromatic carbocycles. The Morgan fingerprint density at radius 3 is 2.20 bits per heavy atom. The topological polar surface area (TPSA) is 46.7 Å². The molecule has 2 heterocycles. The van der Waals surface area contributed by atoms with Gasteiger partial charge in [0.15, 0.2) is 11.5 Å². The Balaban J connectivity index is 1.91. The van der Waals surface area contributed by atoms with Crippen LogP contribution in [0.1, 0.15) is 42.6 Å². The van der Waals surface area contributed by atoms with Gasteiger partial charge < -0.3 is 19.2 Å². The molecule has 3 aromatic rings. The van der Waals surface area contributed by atoms with E-state index in [1.54, 1.807) is 21.3 Å². The zero-order valence-electron chi connectivity index (χ0n) is 18.6. The molecule has 1 N–H and O–H groups in total. The highest BCUT2D eigenvalue weighted by Crippen LogP contribution is 2.44. The largest absolute Gasteiger partial charge is 0.493 e. The molecule has 1 aliphatic heterocycles. The summed E-state index contributed by atoms with van der Waals surface area (Å²) in [6, 6.07) is 12.9. The highest BCUT2D eigenvalue weighted by Gasteiger charge is 2.31. The number of methoxy groups -OCH3 is 3. The van der Waals surface area contributed by atoms with Crippen LogP contribution in [0.2, 0.25) is 0 Å². The quantitative estimate of drug-likeness (QED) is 0.599. The number of nitrogens with zero attached hydrogens (tertiary/aromatic N) is 1. The van der Waals surface area contributed by atoms with Crippen molar-refractivity contribution in [2.45, 2.75) is 32.7 Å². The third-order valence-electron chi connectivity index (χ3n) is 6.40. The first-order chi connectivity index (χ1) is 14.6. The molecular weight excluding hydrogens is 376 g/mol. The summed E-state index contributed by atoms with van der Waals surface area (Å²) in [5.41, 5.74) is 4.86. The van der Waals surface area contributed by atoms with E-state index >= 15 is 0 Å². The van der Waals surface area contributed by atoms with E-state index in [9.17, 15) is 0 Å². The number of hydrogen-bond acceptors (Lipinski definition) is 4. The maximum Gasteiger partial charge on any atom is 0.203 e. The summed E-state index contributed by atoms with van der Waals surface area (Å²) >= 11 is 0. The van der Waals surface area contributed by atoms with Crippen LogP contribution >= 0.6 is 0 Å². The molecule has 0 aliphatic carbocycles. The Bertz CT molecular complexity index is 993. The lowest BCUT2D eigenvalue weighted by atomic mass is 9.90. The molecule has 0 spiro atoms. The van der Waals surface area contributed by atoms with Crippen LogP contribution in [0.15, 0.2) is 36.4 Å². The van der Waals surface area contributed by atoms with Crippen LogP contribution in [0.4, 0.5) is 0 Å². The van der Waals surface area contributed by atoms with Crippen molar-refractivity contribution in [2.24, 2.45) is 5.92 Å². The van der Waals surface area contributed by atoms with E-state index in [2.05, 4.69) is 60.1 Å². The number of benzene rings is 2. The predicted octanol–water partition coefficient (Wildman–Crippen LogP) is 5.32. The number of para-hydroxylation sites is 1. The fraction of sp³-hybridized carbons (Fsp3) is 0.440. The molecule has 0 bridgehead atoms. The van der Waals surface area contributed by atoms with E-state index < -0.39 is 0 Å². The monoisotopic (exact) mass is 408 g/mol. The first kappa shape index (κ1) is 20.6. The van der Waals surface area contributed by atoms with Crippen molar-refractivity contribution in [3.63, 3.8) is 0 Å². The van der Waals surface area contributed by atoms with Gasteiger partial charge in [0.05, 0.1) is 27.4 Å². The van der Waals surface area contributed by atoms with Gasteiger partial charge in [-0.3, -0.25) is 4.90 Å². The third kappa shape index (κ3) is 3.63. The van der Waals surface area contributed by atoms with Gasteiger partial charge in [0.25, 0.3) is 0 Å². The van der Waals surface area contributed by atoms with Crippen LogP contribution in [0, 0.1) is 12.8 Å². The second-order valence-electron chi connectivity index (χ2n) is 8.29. The van der Waals surface area contributed by atoms with Crippen molar-refractivity contribution in [1.29, 1.82) is 0 Å². The predicted molar refractivity (Wildman–Crippen MR) is 121 cm³/mol. The Kier molecular flexibility index (Phi) is 5.91. The number of H-pyrrole nitrogens is 1. The normalized spacial score (nSPS) is 16.6. The highest BCUT2D eigenvalue weighted by atomic mass is 16.5. The molecule has 0 radical (unpaired) electrons. The molecule has 1 unspecified atom stereocenters. The van der Waals surface area contributed by atoms with E-state index in [4.69, 9.17) is 14.2 Å². The minimum Gasteiger partial charge on any atom is -0.493 e. The van der Waals surface area contributed by atoms with E-state index in [-0.39, 0.29) is 6.04 Å². The van der Waals surface area contributed by atoms with Gasteiger partial charge in [-0.1, -0.05) is 25.1 Å². The fourth-order valence-electron chi connectivity index (χ4n) is 4.76. The zero-order valence-corrected chi connectivity index (χ0v) is 18.6. The third-order valence-corrected chi connectivity index (χ3v) is 6.40. The average molecular weight is 409 g/mol. The Morgan fingerprint density at radius 1 is 0.967 bits per heavy atom. The summed E-state index contributed by atoms with van der Waals surface area (Å²) < 4.78 is 16.9.